The van der Waals surface area contributed by atoms with Crippen LogP contribution in [0, 0.1) is 11.8 Å². The highest BCUT2D eigenvalue weighted by atomic mass is 16.2. The van der Waals surface area contributed by atoms with Gasteiger partial charge in [-0.2, -0.15) is 0 Å². The molecule has 2 fully saturated rings. The van der Waals surface area contributed by atoms with Crippen LogP contribution in [0.4, 0.5) is 10.6 Å². The number of aromatic nitrogens is 4. The summed E-state index contributed by atoms with van der Waals surface area (Å²) in [5.74, 6) is 1.92. The number of hydrogen-bond acceptors (Lipinski definition) is 5. The van der Waals surface area contributed by atoms with Gasteiger partial charge in [-0.3, -0.25) is 0 Å². The van der Waals surface area contributed by atoms with E-state index < -0.39 is 0 Å². The van der Waals surface area contributed by atoms with E-state index in [0.717, 1.165) is 43.2 Å². The van der Waals surface area contributed by atoms with Gasteiger partial charge in [-0.1, -0.05) is 0 Å². The second-order valence-electron chi connectivity index (χ2n) is 6.39. The molecule has 2 saturated heterocycles. The summed E-state index contributed by atoms with van der Waals surface area (Å²) < 4.78 is 1.91. The molecular formula is C15H21N7O. The Labute approximate surface area is 134 Å². The molecule has 4 rings (SSSR count). The molecule has 1 N–H and O–H groups in total. The Morgan fingerprint density at radius 2 is 1.96 bits per heavy atom. The van der Waals surface area contributed by atoms with E-state index in [0.29, 0.717) is 18.4 Å². The van der Waals surface area contributed by atoms with Crippen molar-refractivity contribution in [3.05, 3.63) is 12.7 Å². The lowest BCUT2D eigenvalue weighted by molar-refractivity contribution is 0.206. The van der Waals surface area contributed by atoms with Crippen LogP contribution in [0.25, 0.3) is 11.2 Å². The molecule has 0 saturated carbocycles. The lowest BCUT2D eigenvalue weighted by atomic mass is 10.0. The summed E-state index contributed by atoms with van der Waals surface area (Å²) in [5.41, 5.74) is 1.71. The van der Waals surface area contributed by atoms with Gasteiger partial charge in [-0.25, -0.2) is 19.7 Å². The molecule has 8 heteroatoms. The molecule has 122 valence electrons. The minimum atomic E-state index is 0.0580. The van der Waals surface area contributed by atoms with Gasteiger partial charge in [0.05, 0.1) is 6.33 Å². The van der Waals surface area contributed by atoms with Crippen molar-refractivity contribution in [1.82, 2.24) is 29.7 Å². The van der Waals surface area contributed by atoms with E-state index in [1.807, 2.05) is 23.4 Å². The van der Waals surface area contributed by atoms with E-state index in [1.54, 1.807) is 12.7 Å². The standard InChI is InChI=1S/C15H21N7O/c1-3-16-15(23)22-6-10-4-21(5-11(10)7-22)14-12-13(17-8-18-14)20(2)9-19-12/h8-11H,3-7H2,1-2H3,(H,16,23). The van der Waals surface area contributed by atoms with Gasteiger partial charge >= 0.3 is 6.03 Å². The fourth-order valence-electron chi connectivity index (χ4n) is 3.76. The first-order valence-corrected chi connectivity index (χ1v) is 8.07. The first-order valence-electron chi connectivity index (χ1n) is 8.07. The zero-order valence-electron chi connectivity index (χ0n) is 13.4. The third-order valence-corrected chi connectivity index (χ3v) is 4.88. The summed E-state index contributed by atoms with van der Waals surface area (Å²) in [5, 5.41) is 2.89. The Balaban J connectivity index is 1.51. The number of aryl methyl sites for hydroxylation is 1. The Hall–Kier alpha value is -2.38. The van der Waals surface area contributed by atoms with Crippen LogP contribution in [-0.4, -0.2) is 63.2 Å². The number of amides is 2. The maximum Gasteiger partial charge on any atom is 0.317 e. The van der Waals surface area contributed by atoms with Crippen LogP contribution in [0.1, 0.15) is 6.92 Å². The first-order chi connectivity index (χ1) is 11.2. The summed E-state index contributed by atoms with van der Waals surface area (Å²) in [7, 11) is 1.94. The second kappa shape index (κ2) is 5.36. The molecule has 2 aromatic heterocycles. The fourth-order valence-corrected chi connectivity index (χ4v) is 3.76. The van der Waals surface area contributed by atoms with Crippen molar-refractivity contribution in [2.24, 2.45) is 18.9 Å². The molecule has 23 heavy (non-hydrogen) atoms. The van der Waals surface area contributed by atoms with Gasteiger partial charge < -0.3 is 19.7 Å². The zero-order valence-corrected chi connectivity index (χ0v) is 13.4. The Morgan fingerprint density at radius 1 is 1.22 bits per heavy atom. The third kappa shape index (κ3) is 2.29. The predicted octanol–water partition coefficient (Wildman–Crippen LogP) is 0.461. The number of anilines is 1. The molecule has 2 amide bonds. The summed E-state index contributed by atoms with van der Waals surface area (Å²) in [6.07, 6.45) is 3.38. The maximum atomic E-state index is 12.0. The number of nitrogens with zero attached hydrogens (tertiary/aromatic N) is 6. The first kappa shape index (κ1) is 14.2. The van der Waals surface area contributed by atoms with Crippen LogP contribution in [-0.2, 0) is 7.05 Å². The van der Waals surface area contributed by atoms with E-state index in [-0.39, 0.29) is 6.03 Å². The van der Waals surface area contributed by atoms with Crippen LogP contribution >= 0.6 is 0 Å². The lowest BCUT2D eigenvalue weighted by Crippen LogP contribution is -2.40. The number of fused-ring (bicyclic) bond motifs is 2. The van der Waals surface area contributed by atoms with Crippen molar-refractivity contribution in [2.45, 2.75) is 6.92 Å². The highest BCUT2D eigenvalue weighted by Gasteiger charge is 2.42. The fraction of sp³-hybridized carbons (Fsp3) is 0.600. The van der Waals surface area contributed by atoms with Crippen molar-refractivity contribution < 1.29 is 4.79 Å². The van der Waals surface area contributed by atoms with Crippen LogP contribution in [0.3, 0.4) is 0 Å². The SMILES string of the molecule is CCNC(=O)N1CC2CN(c3ncnc4c3ncn4C)CC2C1. The smallest absolute Gasteiger partial charge is 0.317 e. The van der Waals surface area contributed by atoms with Gasteiger partial charge in [0.2, 0.25) is 0 Å². The zero-order chi connectivity index (χ0) is 16.0. The summed E-state index contributed by atoms with van der Waals surface area (Å²) >= 11 is 0. The van der Waals surface area contributed by atoms with Gasteiger partial charge in [-0.15, -0.1) is 0 Å². The Kier molecular flexibility index (Phi) is 3.32. The molecule has 0 aromatic carbocycles. The lowest BCUT2D eigenvalue weighted by Gasteiger charge is -2.22. The van der Waals surface area contributed by atoms with Gasteiger partial charge in [-0.05, 0) is 6.92 Å². The molecular weight excluding hydrogens is 294 g/mol. The van der Waals surface area contributed by atoms with Gasteiger partial charge in [0, 0.05) is 51.6 Å². The normalized spacial score (nSPS) is 23.6. The van der Waals surface area contributed by atoms with Gasteiger partial charge in [0.1, 0.15) is 6.33 Å². The topological polar surface area (TPSA) is 79.2 Å². The van der Waals surface area contributed by atoms with Gasteiger partial charge in [0.25, 0.3) is 0 Å². The Morgan fingerprint density at radius 3 is 2.65 bits per heavy atom. The number of hydrogen-bond donors (Lipinski definition) is 1. The van der Waals surface area contributed by atoms with Gasteiger partial charge in [0.15, 0.2) is 17.0 Å². The van der Waals surface area contributed by atoms with Crippen molar-refractivity contribution in [1.29, 1.82) is 0 Å². The minimum absolute atomic E-state index is 0.0580. The third-order valence-electron chi connectivity index (χ3n) is 4.88. The predicted molar refractivity (Wildman–Crippen MR) is 86.1 cm³/mol. The van der Waals surface area contributed by atoms with Crippen molar-refractivity contribution in [3.8, 4) is 0 Å². The molecule has 4 heterocycles. The van der Waals surface area contributed by atoms with Crippen molar-refractivity contribution >= 4 is 23.0 Å². The van der Waals surface area contributed by atoms with Crippen LogP contribution in [0.2, 0.25) is 0 Å². The molecule has 0 bridgehead atoms. The highest BCUT2D eigenvalue weighted by Crippen LogP contribution is 2.34. The highest BCUT2D eigenvalue weighted by molar-refractivity contribution is 5.83. The number of carbonyl (C=O) groups is 1. The molecule has 0 aliphatic carbocycles. The summed E-state index contributed by atoms with van der Waals surface area (Å²) in [6.45, 7) is 6.11. The molecule has 8 nitrogen and oxygen atoms in total. The number of nitrogens with one attached hydrogen (secondary N) is 1. The average molecular weight is 315 g/mol. The number of rotatable bonds is 2. The number of likely N-dealkylation sites (tertiary alicyclic amines) is 1. The van der Waals surface area contributed by atoms with E-state index >= 15 is 0 Å². The number of imidazole rings is 1. The minimum Gasteiger partial charge on any atom is -0.354 e. The van der Waals surface area contributed by atoms with E-state index in [1.165, 1.54) is 0 Å². The second-order valence-corrected chi connectivity index (χ2v) is 6.39. The van der Waals surface area contributed by atoms with E-state index in [2.05, 4.69) is 25.2 Å². The van der Waals surface area contributed by atoms with E-state index in [9.17, 15) is 4.79 Å². The molecule has 2 aliphatic heterocycles. The van der Waals surface area contributed by atoms with Crippen LogP contribution < -0.4 is 10.2 Å². The van der Waals surface area contributed by atoms with Crippen LogP contribution in [0.5, 0.6) is 0 Å². The molecule has 2 aromatic rings. The molecule has 2 aliphatic rings. The summed E-state index contributed by atoms with van der Waals surface area (Å²) in [6, 6.07) is 0.0580. The van der Waals surface area contributed by atoms with Crippen molar-refractivity contribution in [2.75, 3.05) is 37.6 Å². The molecule has 2 atom stereocenters. The average Bonchev–Trinajstić information content (AvgIpc) is 3.20. The Bertz CT molecular complexity index is 729. The molecule has 0 radical (unpaired) electrons. The maximum absolute atomic E-state index is 12.0. The largest absolute Gasteiger partial charge is 0.354 e. The number of urea groups is 1. The van der Waals surface area contributed by atoms with E-state index in [4.69, 9.17) is 0 Å². The quantitative estimate of drug-likeness (QED) is 0.871. The molecule has 0 spiro atoms. The van der Waals surface area contributed by atoms with Crippen molar-refractivity contribution in [3.63, 3.8) is 0 Å². The number of carbonyl (C=O) groups excluding carboxylic acids is 1. The summed E-state index contributed by atoms with van der Waals surface area (Å²) in [4.78, 5) is 29.4. The molecule has 2 unspecified atom stereocenters. The van der Waals surface area contributed by atoms with Crippen LogP contribution in [0.15, 0.2) is 12.7 Å². The monoisotopic (exact) mass is 315 g/mol.